The van der Waals surface area contributed by atoms with E-state index in [1.165, 1.54) is 0 Å². The number of nitrogens with one attached hydrogen (secondary N) is 1. The predicted octanol–water partition coefficient (Wildman–Crippen LogP) is 2.82. The summed E-state index contributed by atoms with van der Waals surface area (Å²) in [7, 11) is 1.64. The lowest BCUT2D eigenvalue weighted by molar-refractivity contribution is -0.125. The quantitative estimate of drug-likeness (QED) is 0.660. The molecule has 1 aliphatic rings. The minimum absolute atomic E-state index is 0.0245. The predicted molar refractivity (Wildman–Crippen MR) is 118 cm³/mol. The topological polar surface area (TPSA) is 85.2 Å². The second-order valence-electron chi connectivity index (χ2n) is 7.92. The highest BCUT2D eigenvalue weighted by molar-refractivity contribution is 5.79. The van der Waals surface area contributed by atoms with Gasteiger partial charge in [-0.2, -0.15) is 5.10 Å². The largest absolute Gasteiger partial charge is 0.497 e. The van der Waals surface area contributed by atoms with E-state index in [-0.39, 0.29) is 11.8 Å². The molecule has 1 saturated heterocycles. The van der Waals surface area contributed by atoms with Crippen LogP contribution in [0.5, 0.6) is 5.75 Å². The first-order valence-electron chi connectivity index (χ1n) is 10.6. The number of aromatic nitrogens is 4. The fraction of sp³-hybridized carbons (Fsp3) is 0.391. The van der Waals surface area contributed by atoms with E-state index in [1.807, 2.05) is 56.3 Å². The van der Waals surface area contributed by atoms with Crippen molar-refractivity contribution in [1.82, 2.24) is 25.3 Å². The lowest BCUT2D eigenvalue weighted by Crippen LogP contribution is -2.40. The van der Waals surface area contributed by atoms with Gasteiger partial charge in [0.05, 0.1) is 12.8 Å². The first-order valence-corrected chi connectivity index (χ1v) is 10.6. The Bertz CT molecular complexity index is 1020. The van der Waals surface area contributed by atoms with E-state index in [4.69, 9.17) is 4.74 Å². The number of hydrogen-bond donors (Lipinski definition) is 1. The first kappa shape index (κ1) is 20.8. The Morgan fingerprint density at radius 3 is 2.32 bits per heavy atom. The van der Waals surface area contributed by atoms with E-state index in [0.29, 0.717) is 12.4 Å². The highest BCUT2D eigenvalue weighted by Crippen LogP contribution is 2.22. The number of rotatable bonds is 6. The zero-order chi connectivity index (χ0) is 21.8. The fourth-order valence-electron chi connectivity index (χ4n) is 3.91. The third-order valence-electron chi connectivity index (χ3n) is 5.68. The van der Waals surface area contributed by atoms with Crippen molar-refractivity contribution in [3.63, 3.8) is 0 Å². The molecule has 0 aliphatic carbocycles. The normalized spacial score (nSPS) is 14.5. The maximum absolute atomic E-state index is 12.6. The van der Waals surface area contributed by atoms with Gasteiger partial charge in [0.1, 0.15) is 5.75 Å². The zero-order valence-electron chi connectivity index (χ0n) is 18.2. The molecule has 3 heterocycles. The highest BCUT2D eigenvalue weighted by atomic mass is 16.5. The number of carbonyl (C=O) groups excluding carboxylic acids is 1. The van der Waals surface area contributed by atoms with Crippen molar-refractivity contribution in [1.29, 1.82) is 0 Å². The van der Waals surface area contributed by atoms with Crippen molar-refractivity contribution < 1.29 is 9.53 Å². The van der Waals surface area contributed by atoms with Crippen LogP contribution in [0.3, 0.4) is 0 Å². The Morgan fingerprint density at radius 1 is 1.06 bits per heavy atom. The van der Waals surface area contributed by atoms with Crippen molar-refractivity contribution >= 4 is 11.7 Å². The van der Waals surface area contributed by atoms with Gasteiger partial charge in [0.2, 0.25) is 5.91 Å². The summed E-state index contributed by atoms with van der Waals surface area (Å²) in [6, 6.07) is 13.7. The molecule has 1 fully saturated rings. The Morgan fingerprint density at radius 2 is 1.74 bits per heavy atom. The van der Waals surface area contributed by atoms with Crippen molar-refractivity contribution in [3.05, 3.63) is 59.4 Å². The molecule has 3 aromatic rings. The lowest BCUT2D eigenvalue weighted by atomic mass is 9.96. The Balaban J connectivity index is 1.28. The molecule has 1 aliphatic heterocycles. The van der Waals surface area contributed by atoms with Gasteiger partial charge in [-0.3, -0.25) is 4.79 Å². The van der Waals surface area contributed by atoms with Crippen LogP contribution in [0.15, 0.2) is 42.5 Å². The fourth-order valence-corrected chi connectivity index (χ4v) is 3.91. The molecule has 0 radical (unpaired) electrons. The molecule has 0 atom stereocenters. The molecule has 1 aromatic carbocycles. The minimum atomic E-state index is 0.0245. The number of anilines is 1. The van der Waals surface area contributed by atoms with Crippen LogP contribution in [-0.4, -0.2) is 46.1 Å². The maximum Gasteiger partial charge on any atom is 0.223 e. The third kappa shape index (κ3) is 4.84. The van der Waals surface area contributed by atoms with E-state index in [0.717, 1.165) is 54.4 Å². The molecule has 0 saturated carbocycles. The molecule has 0 unspecified atom stereocenters. The number of piperidine rings is 1. The summed E-state index contributed by atoms with van der Waals surface area (Å²) in [4.78, 5) is 14.8. The van der Waals surface area contributed by atoms with Gasteiger partial charge in [0, 0.05) is 31.2 Å². The standard InChI is InChI=1S/C23H28N6O2/c1-16-14-17(2)29(27-16)22-9-8-21(25-26-22)28-12-10-19(11-13-28)23(30)24-15-18-4-6-20(31-3)7-5-18/h4-9,14,19H,10-13,15H2,1-3H3,(H,24,30). The number of carbonyl (C=O) groups is 1. The average molecular weight is 421 g/mol. The molecule has 1 N–H and O–H groups in total. The van der Waals surface area contributed by atoms with Gasteiger partial charge in [0.25, 0.3) is 0 Å². The van der Waals surface area contributed by atoms with Gasteiger partial charge in [0.15, 0.2) is 11.6 Å². The number of hydrogen-bond acceptors (Lipinski definition) is 6. The summed E-state index contributed by atoms with van der Waals surface area (Å²) in [6.45, 7) is 6.06. The monoisotopic (exact) mass is 420 g/mol. The minimum Gasteiger partial charge on any atom is -0.497 e. The molecule has 0 bridgehead atoms. The number of benzene rings is 1. The molecule has 2 aromatic heterocycles. The van der Waals surface area contributed by atoms with Gasteiger partial charge in [-0.05, 0) is 62.6 Å². The molecule has 4 rings (SSSR count). The first-order chi connectivity index (χ1) is 15.0. The lowest BCUT2D eigenvalue weighted by Gasteiger charge is -2.31. The van der Waals surface area contributed by atoms with E-state index in [1.54, 1.807) is 11.8 Å². The van der Waals surface area contributed by atoms with Crippen LogP contribution < -0.4 is 15.0 Å². The smallest absolute Gasteiger partial charge is 0.223 e. The van der Waals surface area contributed by atoms with Gasteiger partial charge in [-0.1, -0.05) is 12.1 Å². The third-order valence-corrected chi connectivity index (χ3v) is 5.68. The summed E-state index contributed by atoms with van der Waals surface area (Å²) in [6.07, 6.45) is 1.60. The van der Waals surface area contributed by atoms with Crippen molar-refractivity contribution in [2.45, 2.75) is 33.2 Å². The molecule has 8 nitrogen and oxygen atoms in total. The van der Waals surface area contributed by atoms with Gasteiger partial charge >= 0.3 is 0 Å². The van der Waals surface area contributed by atoms with E-state index in [9.17, 15) is 4.79 Å². The Labute approximate surface area is 182 Å². The van der Waals surface area contributed by atoms with Crippen LogP contribution in [0.1, 0.15) is 29.8 Å². The van der Waals surface area contributed by atoms with E-state index < -0.39 is 0 Å². The van der Waals surface area contributed by atoms with Gasteiger partial charge in [-0.15, -0.1) is 10.2 Å². The molecular formula is C23H28N6O2. The Hall–Kier alpha value is -3.42. The van der Waals surface area contributed by atoms with E-state index >= 15 is 0 Å². The van der Waals surface area contributed by atoms with Crippen LogP contribution in [0.4, 0.5) is 5.82 Å². The molecular weight excluding hydrogens is 392 g/mol. The number of methoxy groups -OCH3 is 1. The van der Waals surface area contributed by atoms with Crippen molar-refractivity contribution in [2.75, 3.05) is 25.1 Å². The molecule has 1 amide bonds. The number of nitrogens with zero attached hydrogens (tertiary/aromatic N) is 5. The van der Waals surface area contributed by atoms with Gasteiger partial charge in [-0.25, -0.2) is 4.68 Å². The Kier molecular flexibility index (Phi) is 6.16. The van der Waals surface area contributed by atoms with Crippen LogP contribution in [-0.2, 0) is 11.3 Å². The zero-order valence-corrected chi connectivity index (χ0v) is 18.2. The average Bonchev–Trinajstić information content (AvgIpc) is 3.15. The van der Waals surface area contributed by atoms with Crippen molar-refractivity contribution in [2.24, 2.45) is 5.92 Å². The second kappa shape index (κ2) is 9.16. The SMILES string of the molecule is COc1ccc(CNC(=O)C2CCN(c3ccc(-n4nc(C)cc4C)nn3)CC2)cc1. The van der Waals surface area contributed by atoms with Crippen molar-refractivity contribution in [3.8, 4) is 11.6 Å². The maximum atomic E-state index is 12.6. The number of ether oxygens (including phenoxy) is 1. The molecule has 162 valence electrons. The summed E-state index contributed by atoms with van der Waals surface area (Å²) >= 11 is 0. The summed E-state index contributed by atoms with van der Waals surface area (Å²) in [5, 5.41) is 16.2. The summed E-state index contributed by atoms with van der Waals surface area (Å²) in [5.41, 5.74) is 3.04. The number of amides is 1. The highest BCUT2D eigenvalue weighted by Gasteiger charge is 2.25. The van der Waals surface area contributed by atoms with Crippen LogP contribution in [0, 0.1) is 19.8 Å². The summed E-state index contributed by atoms with van der Waals surface area (Å²) in [5.74, 6) is 2.50. The summed E-state index contributed by atoms with van der Waals surface area (Å²) < 4.78 is 6.96. The van der Waals surface area contributed by atoms with E-state index in [2.05, 4.69) is 25.5 Å². The van der Waals surface area contributed by atoms with Crippen LogP contribution in [0.2, 0.25) is 0 Å². The van der Waals surface area contributed by atoms with Gasteiger partial charge < -0.3 is 15.0 Å². The van der Waals surface area contributed by atoms with Crippen LogP contribution in [0.25, 0.3) is 5.82 Å². The second-order valence-corrected chi connectivity index (χ2v) is 7.92. The number of aryl methyl sites for hydroxylation is 2. The molecule has 31 heavy (non-hydrogen) atoms. The molecule has 8 heteroatoms. The molecule has 0 spiro atoms. The van der Waals surface area contributed by atoms with Crippen LogP contribution >= 0.6 is 0 Å².